The minimum absolute atomic E-state index is 0.148. The molecule has 0 spiro atoms. The van der Waals surface area contributed by atoms with Gasteiger partial charge in [-0.25, -0.2) is 9.37 Å². The number of nitrogens with zero attached hydrogens (tertiary/aromatic N) is 1. The molecule has 3 aromatic carbocycles. The highest BCUT2D eigenvalue weighted by molar-refractivity contribution is 8.00. The van der Waals surface area contributed by atoms with E-state index >= 15 is 0 Å². The summed E-state index contributed by atoms with van der Waals surface area (Å²) < 4.78 is 13.1. The number of thiazole rings is 1. The van der Waals surface area contributed by atoms with Crippen LogP contribution in [0.1, 0.15) is 6.92 Å². The number of thioether (sulfide) groups is 1. The Hall–Kier alpha value is -3.27. The molecule has 1 heterocycles. The summed E-state index contributed by atoms with van der Waals surface area (Å²) in [6.07, 6.45) is 0. The summed E-state index contributed by atoms with van der Waals surface area (Å²) in [7, 11) is 0. The molecule has 4 aromatic rings. The average Bonchev–Trinajstić information content (AvgIpc) is 3.28. The molecule has 0 aliphatic rings. The van der Waals surface area contributed by atoms with E-state index in [1.165, 1.54) is 35.2 Å². The molecule has 1 amide bonds. The number of hydrogen-bond donors (Lipinski definition) is 3. The Balaban J connectivity index is 1.32. The molecule has 34 heavy (non-hydrogen) atoms. The Kier molecular flexibility index (Phi) is 7.89. The van der Waals surface area contributed by atoms with Crippen molar-refractivity contribution in [2.24, 2.45) is 0 Å². The standard InChI is InChI=1S/C25H21FN4OS3/c1-16(23(31)30-25-29-22(15-33-25)17-10-12-18(26)13-11-17)34-21-9-5-8-20(14-21)28-24(32)27-19-6-3-2-4-7-19/h2-16H,1H3,(H2,27,28,32)(H,29,30,31). The maximum Gasteiger partial charge on any atom is 0.239 e. The van der Waals surface area contributed by atoms with Gasteiger partial charge in [-0.05, 0) is 73.7 Å². The normalized spacial score (nSPS) is 11.5. The van der Waals surface area contributed by atoms with Crippen molar-refractivity contribution < 1.29 is 9.18 Å². The fourth-order valence-corrected chi connectivity index (χ4v) is 4.90. The van der Waals surface area contributed by atoms with Gasteiger partial charge in [-0.2, -0.15) is 0 Å². The lowest BCUT2D eigenvalue weighted by molar-refractivity contribution is -0.115. The molecule has 0 aliphatic carbocycles. The summed E-state index contributed by atoms with van der Waals surface area (Å²) in [6, 6.07) is 23.5. The van der Waals surface area contributed by atoms with Crippen LogP contribution in [0.3, 0.4) is 0 Å². The topological polar surface area (TPSA) is 66.0 Å². The van der Waals surface area contributed by atoms with Crippen molar-refractivity contribution in [2.75, 3.05) is 16.0 Å². The van der Waals surface area contributed by atoms with Crippen LogP contribution in [0, 0.1) is 5.82 Å². The average molecular weight is 509 g/mol. The van der Waals surface area contributed by atoms with Crippen LogP contribution in [0.25, 0.3) is 11.3 Å². The number of para-hydroxylation sites is 1. The van der Waals surface area contributed by atoms with Crippen LogP contribution < -0.4 is 16.0 Å². The number of carbonyl (C=O) groups is 1. The van der Waals surface area contributed by atoms with Crippen LogP contribution in [0.2, 0.25) is 0 Å². The number of carbonyl (C=O) groups excluding carboxylic acids is 1. The molecule has 172 valence electrons. The number of nitrogens with one attached hydrogen (secondary N) is 3. The molecule has 0 bridgehead atoms. The van der Waals surface area contributed by atoms with Crippen LogP contribution in [-0.4, -0.2) is 21.3 Å². The third-order valence-electron chi connectivity index (χ3n) is 4.68. The number of rotatable bonds is 7. The molecule has 3 N–H and O–H groups in total. The van der Waals surface area contributed by atoms with Gasteiger partial charge in [0.05, 0.1) is 10.9 Å². The smallest absolute Gasteiger partial charge is 0.239 e. The van der Waals surface area contributed by atoms with Gasteiger partial charge < -0.3 is 16.0 Å². The van der Waals surface area contributed by atoms with E-state index in [0.29, 0.717) is 15.9 Å². The lowest BCUT2D eigenvalue weighted by atomic mass is 10.2. The fraction of sp³-hybridized carbons (Fsp3) is 0.0800. The molecule has 1 aromatic heterocycles. The quantitative estimate of drug-likeness (QED) is 0.187. The summed E-state index contributed by atoms with van der Waals surface area (Å²) in [5.74, 6) is -0.448. The highest BCUT2D eigenvalue weighted by atomic mass is 32.2. The monoisotopic (exact) mass is 508 g/mol. The lowest BCUT2D eigenvalue weighted by Gasteiger charge is -2.13. The maximum absolute atomic E-state index is 13.1. The zero-order valence-corrected chi connectivity index (χ0v) is 20.6. The van der Waals surface area contributed by atoms with Crippen molar-refractivity contribution in [2.45, 2.75) is 17.1 Å². The number of thiocarbonyl (C=S) groups is 1. The van der Waals surface area contributed by atoms with Crippen LogP contribution in [-0.2, 0) is 4.79 Å². The van der Waals surface area contributed by atoms with Crippen molar-refractivity contribution in [1.82, 2.24) is 4.98 Å². The summed E-state index contributed by atoms with van der Waals surface area (Å²) >= 11 is 8.16. The number of halogens is 1. The predicted molar refractivity (Wildman–Crippen MR) is 144 cm³/mol. The van der Waals surface area contributed by atoms with E-state index in [-0.39, 0.29) is 17.0 Å². The molecule has 0 saturated carbocycles. The Labute approximate surface area is 210 Å². The first-order valence-electron chi connectivity index (χ1n) is 10.4. The molecule has 1 unspecified atom stereocenters. The van der Waals surface area contributed by atoms with Crippen molar-refractivity contribution in [3.8, 4) is 11.3 Å². The largest absolute Gasteiger partial charge is 0.332 e. The third kappa shape index (κ3) is 6.63. The van der Waals surface area contributed by atoms with Gasteiger partial charge in [0, 0.05) is 27.2 Å². The molecule has 5 nitrogen and oxygen atoms in total. The Bertz CT molecular complexity index is 1280. The Morgan fingerprint density at radius 1 is 0.971 bits per heavy atom. The second kappa shape index (κ2) is 11.2. The van der Waals surface area contributed by atoms with Crippen molar-refractivity contribution in [3.63, 3.8) is 0 Å². The van der Waals surface area contributed by atoms with Gasteiger partial charge in [-0.1, -0.05) is 24.3 Å². The summed E-state index contributed by atoms with van der Waals surface area (Å²) in [4.78, 5) is 18.1. The van der Waals surface area contributed by atoms with E-state index in [1.807, 2.05) is 66.9 Å². The number of benzene rings is 3. The van der Waals surface area contributed by atoms with Crippen LogP contribution in [0.5, 0.6) is 0 Å². The van der Waals surface area contributed by atoms with E-state index in [0.717, 1.165) is 21.8 Å². The molecule has 0 radical (unpaired) electrons. The maximum atomic E-state index is 13.1. The number of hydrogen-bond acceptors (Lipinski definition) is 5. The zero-order chi connectivity index (χ0) is 23.9. The van der Waals surface area contributed by atoms with Crippen molar-refractivity contribution >= 4 is 62.8 Å². The van der Waals surface area contributed by atoms with Gasteiger partial charge in [0.15, 0.2) is 10.2 Å². The SMILES string of the molecule is CC(Sc1cccc(NC(=S)Nc2ccccc2)c1)C(=O)Nc1nc(-c2ccc(F)cc2)cs1. The van der Waals surface area contributed by atoms with Gasteiger partial charge in [0.25, 0.3) is 0 Å². The van der Waals surface area contributed by atoms with E-state index in [1.54, 1.807) is 12.1 Å². The first-order chi connectivity index (χ1) is 16.5. The highest BCUT2D eigenvalue weighted by Crippen LogP contribution is 2.29. The highest BCUT2D eigenvalue weighted by Gasteiger charge is 2.17. The number of anilines is 3. The molecule has 4 rings (SSSR count). The molecule has 0 aliphatic heterocycles. The number of amides is 1. The Morgan fingerprint density at radius 2 is 1.68 bits per heavy atom. The van der Waals surface area contributed by atoms with Gasteiger partial charge >= 0.3 is 0 Å². The Morgan fingerprint density at radius 3 is 2.44 bits per heavy atom. The molecule has 0 fully saturated rings. The molecular weight excluding hydrogens is 488 g/mol. The minimum Gasteiger partial charge on any atom is -0.332 e. The molecule has 9 heteroatoms. The van der Waals surface area contributed by atoms with Crippen molar-refractivity contribution in [3.05, 3.63) is 90.1 Å². The molecule has 0 saturated heterocycles. The van der Waals surface area contributed by atoms with Crippen LogP contribution >= 0.6 is 35.3 Å². The molecule has 1 atom stereocenters. The first kappa shape index (κ1) is 23.9. The molecular formula is C25H21FN4OS3. The second-order valence-electron chi connectivity index (χ2n) is 7.27. The predicted octanol–water partition coefficient (Wildman–Crippen LogP) is 6.88. The summed E-state index contributed by atoms with van der Waals surface area (Å²) in [5, 5.41) is 11.7. The summed E-state index contributed by atoms with van der Waals surface area (Å²) in [6.45, 7) is 1.84. The van der Waals surface area contributed by atoms with Crippen molar-refractivity contribution in [1.29, 1.82) is 0 Å². The van der Waals surface area contributed by atoms with Gasteiger partial charge in [-0.3, -0.25) is 4.79 Å². The zero-order valence-electron chi connectivity index (χ0n) is 18.1. The van der Waals surface area contributed by atoms with E-state index < -0.39 is 0 Å². The van der Waals surface area contributed by atoms with Gasteiger partial charge in [0.1, 0.15) is 5.82 Å². The third-order valence-corrected chi connectivity index (χ3v) is 6.74. The summed E-state index contributed by atoms with van der Waals surface area (Å²) in [5.41, 5.74) is 3.22. The van der Waals surface area contributed by atoms with E-state index in [4.69, 9.17) is 12.2 Å². The first-order valence-corrected chi connectivity index (χ1v) is 12.5. The van der Waals surface area contributed by atoms with Gasteiger partial charge in [-0.15, -0.1) is 23.1 Å². The fourth-order valence-electron chi connectivity index (χ4n) is 3.01. The second-order valence-corrected chi connectivity index (χ2v) is 9.95. The van der Waals surface area contributed by atoms with E-state index in [9.17, 15) is 9.18 Å². The lowest BCUT2D eigenvalue weighted by Crippen LogP contribution is -2.22. The van der Waals surface area contributed by atoms with E-state index in [2.05, 4.69) is 20.9 Å². The minimum atomic E-state index is -0.345. The van der Waals surface area contributed by atoms with Crippen LogP contribution in [0.4, 0.5) is 20.9 Å². The van der Waals surface area contributed by atoms with Gasteiger partial charge in [0.2, 0.25) is 5.91 Å². The van der Waals surface area contributed by atoms with Crippen LogP contribution in [0.15, 0.2) is 89.1 Å². The number of aromatic nitrogens is 1.